The fraction of sp³-hybridized carbons (Fsp3) is 0.208. The molecule has 0 saturated carbocycles. The highest BCUT2D eigenvalue weighted by Crippen LogP contribution is 2.36. The molecule has 0 bridgehead atoms. The van der Waals surface area contributed by atoms with Gasteiger partial charge in [0.15, 0.2) is 0 Å². The van der Waals surface area contributed by atoms with Gasteiger partial charge in [-0.05, 0) is 73.5 Å². The van der Waals surface area contributed by atoms with Gasteiger partial charge < -0.3 is 14.8 Å². The number of nitrogens with one attached hydrogen (secondary N) is 1. The molecule has 0 atom stereocenters. The predicted octanol–water partition coefficient (Wildman–Crippen LogP) is 6.82. The summed E-state index contributed by atoms with van der Waals surface area (Å²) in [6.07, 6.45) is -4.63. The van der Waals surface area contributed by atoms with Crippen molar-refractivity contribution in [2.45, 2.75) is 26.6 Å². The predicted molar refractivity (Wildman–Crippen MR) is 118 cm³/mol. The van der Waals surface area contributed by atoms with Crippen LogP contribution in [0.1, 0.15) is 32.6 Å². The highest BCUT2D eigenvalue weighted by molar-refractivity contribution is 6.31. The Balaban J connectivity index is 1.79. The number of hydrogen-bond donors (Lipinski definition) is 1. The number of ether oxygens (including phenoxy) is 2. The molecule has 32 heavy (non-hydrogen) atoms. The summed E-state index contributed by atoms with van der Waals surface area (Å²) in [5.74, 6) is 0.623. The zero-order valence-corrected chi connectivity index (χ0v) is 18.4. The van der Waals surface area contributed by atoms with Crippen LogP contribution in [0.4, 0.5) is 18.9 Å². The van der Waals surface area contributed by atoms with E-state index in [2.05, 4.69) is 5.32 Å². The van der Waals surface area contributed by atoms with E-state index in [4.69, 9.17) is 21.1 Å². The summed E-state index contributed by atoms with van der Waals surface area (Å²) < 4.78 is 50.4. The zero-order valence-electron chi connectivity index (χ0n) is 17.6. The van der Waals surface area contributed by atoms with E-state index in [1.54, 1.807) is 12.1 Å². The van der Waals surface area contributed by atoms with E-state index < -0.39 is 22.7 Å². The lowest BCUT2D eigenvalue weighted by Crippen LogP contribution is -2.14. The van der Waals surface area contributed by atoms with E-state index in [1.807, 2.05) is 32.0 Å². The molecule has 0 fully saturated rings. The lowest BCUT2D eigenvalue weighted by molar-refractivity contribution is -0.137. The molecule has 8 heteroatoms. The molecule has 0 unspecified atom stereocenters. The molecule has 0 aromatic heterocycles. The fourth-order valence-corrected chi connectivity index (χ4v) is 3.25. The Morgan fingerprint density at radius 2 is 1.75 bits per heavy atom. The van der Waals surface area contributed by atoms with Gasteiger partial charge in [0.1, 0.15) is 18.1 Å². The molecular weight excluding hydrogens is 443 g/mol. The normalized spacial score (nSPS) is 11.2. The topological polar surface area (TPSA) is 47.6 Å². The molecule has 168 valence electrons. The van der Waals surface area contributed by atoms with E-state index in [0.717, 1.165) is 23.3 Å². The fourth-order valence-electron chi connectivity index (χ4n) is 3.02. The first-order chi connectivity index (χ1) is 15.1. The maximum absolute atomic E-state index is 13.1. The van der Waals surface area contributed by atoms with Crippen LogP contribution in [0.3, 0.4) is 0 Å². The summed E-state index contributed by atoms with van der Waals surface area (Å²) in [6.45, 7) is 4.13. The minimum atomic E-state index is -4.63. The monoisotopic (exact) mass is 463 g/mol. The smallest absolute Gasteiger partial charge is 0.417 e. The summed E-state index contributed by atoms with van der Waals surface area (Å²) >= 11 is 5.63. The van der Waals surface area contributed by atoms with Crippen LogP contribution in [-0.4, -0.2) is 13.0 Å². The number of methoxy groups -OCH3 is 1. The maximum atomic E-state index is 13.1. The minimum Gasteiger partial charge on any atom is -0.496 e. The number of aryl methyl sites for hydroxylation is 2. The minimum absolute atomic E-state index is 0.0181. The summed E-state index contributed by atoms with van der Waals surface area (Å²) in [5, 5.41) is 2.03. The first kappa shape index (κ1) is 23.5. The lowest BCUT2D eigenvalue weighted by Gasteiger charge is -2.14. The van der Waals surface area contributed by atoms with Gasteiger partial charge in [0.05, 0.1) is 17.7 Å². The first-order valence-corrected chi connectivity index (χ1v) is 10.0. The Morgan fingerprint density at radius 1 is 1.00 bits per heavy atom. The van der Waals surface area contributed by atoms with Crippen molar-refractivity contribution in [1.82, 2.24) is 0 Å². The van der Waals surface area contributed by atoms with E-state index in [9.17, 15) is 18.0 Å². The third-order valence-electron chi connectivity index (χ3n) is 4.94. The zero-order chi connectivity index (χ0) is 23.5. The number of hydrogen-bond acceptors (Lipinski definition) is 3. The molecule has 3 rings (SSSR count). The Hall–Kier alpha value is -3.19. The van der Waals surface area contributed by atoms with Crippen LogP contribution in [0.15, 0.2) is 54.6 Å². The van der Waals surface area contributed by atoms with Gasteiger partial charge >= 0.3 is 6.18 Å². The molecule has 3 aromatic rings. The maximum Gasteiger partial charge on any atom is 0.417 e. The number of anilines is 1. The molecule has 1 amide bonds. The van der Waals surface area contributed by atoms with Crippen molar-refractivity contribution in [3.8, 4) is 11.5 Å². The van der Waals surface area contributed by atoms with Gasteiger partial charge in [0.25, 0.3) is 5.91 Å². The second-order valence-electron chi connectivity index (χ2n) is 7.21. The number of amides is 1. The van der Waals surface area contributed by atoms with Gasteiger partial charge in [0, 0.05) is 16.8 Å². The first-order valence-electron chi connectivity index (χ1n) is 9.63. The van der Waals surface area contributed by atoms with E-state index in [-0.39, 0.29) is 17.9 Å². The van der Waals surface area contributed by atoms with E-state index in [1.165, 1.54) is 19.2 Å². The number of carbonyl (C=O) groups is 1. The lowest BCUT2D eigenvalue weighted by atomic mass is 10.1. The van der Waals surface area contributed by atoms with Gasteiger partial charge in [-0.1, -0.05) is 17.7 Å². The molecule has 3 aromatic carbocycles. The van der Waals surface area contributed by atoms with E-state index in [0.29, 0.717) is 17.1 Å². The molecule has 0 aliphatic heterocycles. The summed E-state index contributed by atoms with van der Waals surface area (Å²) in [7, 11) is 1.50. The molecule has 0 saturated heterocycles. The average Bonchev–Trinajstić information content (AvgIpc) is 2.74. The van der Waals surface area contributed by atoms with Crippen LogP contribution >= 0.6 is 11.6 Å². The van der Waals surface area contributed by atoms with Crippen molar-refractivity contribution < 1.29 is 27.4 Å². The largest absolute Gasteiger partial charge is 0.496 e. The highest BCUT2D eigenvalue weighted by Gasteiger charge is 2.33. The number of alkyl halides is 3. The molecule has 4 nitrogen and oxygen atoms in total. The average molecular weight is 464 g/mol. The number of carbonyl (C=O) groups excluding carboxylic acids is 1. The third-order valence-corrected chi connectivity index (χ3v) is 5.27. The van der Waals surface area contributed by atoms with Gasteiger partial charge in [-0.25, -0.2) is 0 Å². The Labute approximate surface area is 188 Å². The molecular formula is C24H21ClF3NO3. The second kappa shape index (κ2) is 9.53. The van der Waals surface area contributed by atoms with Crippen molar-refractivity contribution in [2.75, 3.05) is 12.4 Å². The third kappa shape index (κ3) is 5.53. The number of benzene rings is 3. The molecule has 0 aliphatic carbocycles. The molecule has 0 radical (unpaired) electrons. The van der Waals surface area contributed by atoms with Gasteiger partial charge in [0.2, 0.25) is 0 Å². The Morgan fingerprint density at radius 3 is 2.41 bits per heavy atom. The number of halogens is 4. The van der Waals surface area contributed by atoms with Gasteiger partial charge in [-0.3, -0.25) is 4.79 Å². The van der Waals surface area contributed by atoms with Crippen LogP contribution in [-0.2, 0) is 12.8 Å². The molecule has 0 spiro atoms. The van der Waals surface area contributed by atoms with Crippen LogP contribution in [0.25, 0.3) is 0 Å². The summed E-state index contributed by atoms with van der Waals surface area (Å²) in [5.41, 5.74) is 2.05. The van der Waals surface area contributed by atoms with Crippen LogP contribution in [0.5, 0.6) is 11.5 Å². The van der Waals surface area contributed by atoms with Gasteiger partial charge in [-0.2, -0.15) is 13.2 Å². The standard InChI is InChI=1S/C24H21ClF3NO3/c1-14-4-7-19(10-15(14)2)32-13-17-11-16(5-9-22(17)31-3)23(30)29-18-6-8-21(25)20(12-18)24(26,27)28/h4-12H,13H2,1-3H3,(H,29,30). The van der Waals surface area contributed by atoms with E-state index >= 15 is 0 Å². The Kier molecular flexibility index (Phi) is 6.99. The van der Waals surface area contributed by atoms with Crippen molar-refractivity contribution >= 4 is 23.2 Å². The van der Waals surface area contributed by atoms with Crippen molar-refractivity contribution in [3.05, 3.63) is 87.4 Å². The Bertz CT molecular complexity index is 1150. The van der Waals surface area contributed by atoms with Crippen LogP contribution in [0.2, 0.25) is 5.02 Å². The number of rotatable bonds is 6. The van der Waals surface area contributed by atoms with Gasteiger partial charge in [-0.15, -0.1) is 0 Å². The molecule has 1 N–H and O–H groups in total. The SMILES string of the molecule is COc1ccc(C(=O)Nc2ccc(Cl)c(C(F)(F)F)c2)cc1COc1ccc(C)c(C)c1. The van der Waals surface area contributed by atoms with Crippen molar-refractivity contribution in [3.63, 3.8) is 0 Å². The molecule has 0 aliphatic rings. The molecule has 0 heterocycles. The highest BCUT2D eigenvalue weighted by atomic mass is 35.5. The summed E-state index contributed by atoms with van der Waals surface area (Å²) in [6, 6.07) is 13.6. The summed E-state index contributed by atoms with van der Waals surface area (Å²) in [4.78, 5) is 12.7. The van der Waals surface area contributed by atoms with Crippen molar-refractivity contribution in [1.29, 1.82) is 0 Å². The van der Waals surface area contributed by atoms with Crippen LogP contribution in [0, 0.1) is 13.8 Å². The van der Waals surface area contributed by atoms with Crippen molar-refractivity contribution in [2.24, 2.45) is 0 Å². The van der Waals surface area contributed by atoms with Crippen LogP contribution < -0.4 is 14.8 Å². The quantitative estimate of drug-likeness (QED) is 0.436. The second-order valence-corrected chi connectivity index (χ2v) is 7.62.